The molecule has 0 aliphatic rings. The lowest BCUT2D eigenvalue weighted by Gasteiger charge is -2.28. The number of aromatic nitrogens is 1. The summed E-state index contributed by atoms with van der Waals surface area (Å²) >= 11 is 5.02. The molecule has 0 fully saturated rings. The van der Waals surface area contributed by atoms with E-state index in [2.05, 4.69) is 44.6 Å². The second kappa shape index (κ2) is 6.46. The van der Waals surface area contributed by atoms with Crippen molar-refractivity contribution in [2.75, 3.05) is 6.54 Å². The zero-order valence-corrected chi connectivity index (χ0v) is 14.5. The van der Waals surface area contributed by atoms with Crippen LogP contribution in [0.5, 0.6) is 0 Å². The zero-order valence-electron chi connectivity index (χ0n) is 12.1. The molecule has 0 aliphatic heterocycles. The Morgan fingerprint density at radius 3 is 2.73 bits per heavy atom. The second-order valence-corrected chi connectivity index (χ2v) is 7.25. The molecule has 1 heterocycles. The van der Waals surface area contributed by atoms with Gasteiger partial charge in [-0.3, -0.25) is 0 Å². The average Bonchev–Trinajstić information content (AvgIpc) is 2.92. The largest absolute Gasteiger partial charge is 0.330 e. The summed E-state index contributed by atoms with van der Waals surface area (Å²) in [5.74, 6) is 0. The summed E-state index contributed by atoms with van der Waals surface area (Å²) in [6.45, 7) is 0.538. The van der Waals surface area contributed by atoms with Crippen LogP contribution in [0.15, 0.2) is 53.0 Å². The maximum atomic E-state index is 6.77. The van der Waals surface area contributed by atoms with Crippen LogP contribution in [0.2, 0.25) is 0 Å². The molecule has 114 valence electrons. The van der Waals surface area contributed by atoms with Gasteiger partial charge in [0.2, 0.25) is 0 Å². The van der Waals surface area contributed by atoms with E-state index >= 15 is 0 Å². The number of nitrogens with zero attached hydrogens (tertiary/aromatic N) is 1. The summed E-state index contributed by atoms with van der Waals surface area (Å²) in [7, 11) is 0. The Bertz CT molecular complexity index is 786. The third-order valence-corrected chi connectivity index (χ3v) is 5.17. The highest BCUT2D eigenvalue weighted by molar-refractivity contribution is 9.10. The predicted molar refractivity (Wildman–Crippen MR) is 97.0 cm³/mol. The summed E-state index contributed by atoms with van der Waals surface area (Å²) in [5, 5.41) is 1.14. The molecule has 0 spiro atoms. The van der Waals surface area contributed by atoms with Crippen LogP contribution in [0.25, 0.3) is 10.1 Å². The first-order valence-electron chi connectivity index (χ1n) is 7.21. The third-order valence-electron chi connectivity index (χ3n) is 3.85. The molecule has 3 nitrogen and oxygen atoms in total. The summed E-state index contributed by atoms with van der Waals surface area (Å²) in [5.41, 5.74) is 14.2. The van der Waals surface area contributed by atoms with Crippen LogP contribution >= 0.6 is 27.5 Å². The Morgan fingerprint density at radius 1 is 1.14 bits per heavy atom. The first-order valence-corrected chi connectivity index (χ1v) is 8.77. The second-order valence-electron chi connectivity index (χ2n) is 5.53. The van der Waals surface area contributed by atoms with Gasteiger partial charge in [-0.15, -0.1) is 0 Å². The Balaban J connectivity index is 2.04. The van der Waals surface area contributed by atoms with E-state index in [0.29, 0.717) is 13.0 Å². The molecule has 1 atom stereocenters. The number of hydrogen-bond donors (Lipinski definition) is 2. The molecule has 0 saturated carbocycles. The highest BCUT2D eigenvalue weighted by Gasteiger charge is 2.31. The molecule has 4 N–H and O–H groups in total. The summed E-state index contributed by atoms with van der Waals surface area (Å²) in [4.78, 5) is 0. The number of benzene rings is 2. The summed E-state index contributed by atoms with van der Waals surface area (Å²) < 4.78 is 6.88. The van der Waals surface area contributed by atoms with Gasteiger partial charge >= 0.3 is 0 Å². The smallest absolute Gasteiger partial charge is 0.0823 e. The molecule has 22 heavy (non-hydrogen) atoms. The standard InChI is InChI=1S/C17H18BrN3S/c18-13-5-3-4-12(10-13)11-17(20,8-9-19)16-14-6-1-2-7-15(14)22-21-16/h1-7,10H,8-9,11,19-20H2. The lowest BCUT2D eigenvalue weighted by Crippen LogP contribution is -2.41. The van der Waals surface area contributed by atoms with Crippen LogP contribution in [0, 0.1) is 0 Å². The molecule has 0 aliphatic carbocycles. The maximum Gasteiger partial charge on any atom is 0.0823 e. The first kappa shape index (κ1) is 15.6. The van der Waals surface area contributed by atoms with Gasteiger partial charge in [0.15, 0.2) is 0 Å². The molecular weight excluding hydrogens is 358 g/mol. The quantitative estimate of drug-likeness (QED) is 0.712. The van der Waals surface area contributed by atoms with Gasteiger partial charge in [-0.1, -0.05) is 46.3 Å². The van der Waals surface area contributed by atoms with E-state index in [-0.39, 0.29) is 0 Å². The Labute approximate surface area is 142 Å². The third kappa shape index (κ3) is 3.08. The van der Waals surface area contributed by atoms with E-state index in [9.17, 15) is 0 Å². The van der Waals surface area contributed by atoms with Crippen molar-refractivity contribution >= 4 is 37.5 Å². The molecule has 3 rings (SSSR count). The van der Waals surface area contributed by atoms with Gasteiger partial charge in [0.25, 0.3) is 0 Å². The Morgan fingerprint density at radius 2 is 1.95 bits per heavy atom. The molecule has 1 unspecified atom stereocenters. The SMILES string of the molecule is NCCC(N)(Cc1cccc(Br)c1)c1nsc2ccccc12. The zero-order chi connectivity index (χ0) is 15.6. The molecule has 2 aromatic carbocycles. The fraction of sp³-hybridized carbons (Fsp3) is 0.235. The van der Waals surface area contributed by atoms with Gasteiger partial charge in [-0.2, -0.15) is 4.37 Å². The minimum absolute atomic E-state index is 0.538. The van der Waals surface area contributed by atoms with Crippen LogP contribution < -0.4 is 11.5 Å². The van der Waals surface area contributed by atoms with Gasteiger partial charge in [0.1, 0.15) is 0 Å². The van der Waals surface area contributed by atoms with Crippen molar-refractivity contribution in [3.63, 3.8) is 0 Å². The normalized spacial score (nSPS) is 14.1. The van der Waals surface area contributed by atoms with E-state index in [0.717, 1.165) is 22.0 Å². The van der Waals surface area contributed by atoms with E-state index in [1.165, 1.54) is 21.8 Å². The van der Waals surface area contributed by atoms with E-state index < -0.39 is 5.54 Å². The Hall–Kier alpha value is -1.27. The number of hydrogen-bond acceptors (Lipinski definition) is 4. The number of rotatable bonds is 5. The highest BCUT2D eigenvalue weighted by Crippen LogP contribution is 2.34. The van der Waals surface area contributed by atoms with Crippen molar-refractivity contribution in [1.82, 2.24) is 4.37 Å². The van der Waals surface area contributed by atoms with Gasteiger partial charge in [0, 0.05) is 9.86 Å². The van der Waals surface area contributed by atoms with Crippen LogP contribution in [0.1, 0.15) is 17.7 Å². The van der Waals surface area contributed by atoms with E-state index in [1.54, 1.807) is 0 Å². The minimum Gasteiger partial charge on any atom is -0.330 e. The van der Waals surface area contributed by atoms with Gasteiger partial charge in [-0.25, -0.2) is 0 Å². The maximum absolute atomic E-state index is 6.77. The summed E-state index contributed by atoms with van der Waals surface area (Å²) in [6, 6.07) is 16.5. The molecule has 5 heteroatoms. The van der Waals surface area contributed by atoms with Gasteiger partial charge < -0.3 is 11.5 Å². The molecule has 0 amide bonds. The van der Waals surface area contributed by atoms with E-state index in [1.807, 2.05) is 24.3 Å². The first-order chi connectivity index (χ1) is 10.6. The van der Waals surface area contributed by atoms with Gasteiger partial charge in [-0.05, 0) is 54.7 Å². The van der Waals surface area contributed by atoms with Crippen molar-refractivity contribution in [2.24, 2.45) is 11.5 Å². The lowest BCUT2D eigenvalue weighted by atomic mass is 9.84. The highest BCUT2D eigenvalue weighted by atomic mass is 79.9. The topological polar surface area (TPSA) is 64.9 Å². The van der Waals surface area contributed by atoms with E-state index in [4.69, 9.17) is 11.5 Å². The Kier molecular flexibility index (Phi) is 4.59. The van der Waals surface area contributed by atoms with Gasteiger partial charge in [0.05, 0.1) is 15.9 Å². The van der Waals surface area contributed by atoms with Crippen LogP contribution in [0.3, 0.4) is 0 Å². The van der Waals surface area contributed by atoms with Crippen molar-refractivity contribution in [2.45, 2.75) is 18.4 Å². The lowest BCUT2D eigenvalue weighted by molar-refractivity contribution is 0.407. The monoisotopic (exact) mass is 375 g/mol. The van der Waals surface area contributed by atoms with Crippen LogP contribution in [-0.4, -0.2) is 10.9 Å². The van der Waals surface area contributed by atoms with Crippen molar-refractivity contribution < 1.29 is 0 Å². The summed E-state index contributed by atoms with van der Waals surface area (Å²) in [6.07, 6.45) is 1.42. The van der Waals surface area contributed by atoms with Crippen LogP contribution in [0.4, 0.5) is 0 Å². The minimum atomic E-state index is -0.546. The number of halogens is 1. The molecule has 0 bridgehead atoms. The van der Waals surface area contributed by atoms with Crippen LogP contribution in [-0.2, 0) is 12.0 Å². The van der Waals surface area contributed by atoms with Crippen molar-refractivity contribution in [3.05, 3.63) is 64.3 Å². The molecule has 1 aromatic heterocycles. The van der Waals surface area contributed by atoms with Crippen molar-refractivity contribution in [3.8, 4) is 0 Å². The predicted octanol–water partition coefficient (Wildman–Crippen LogP) is 3.80. The molecule has 3 aromatic rings. The molecular formula is C17H18BrN3S. The molecule has 0 radical (unpaired) electrons. The number of nitrogens with two attached hydrogens (primary N) is 2. The van der Waals surface area contributed by atoms with Crippen molar-refractivity contribution in [1.29, 1.82) is 0 Å². The average molecular weight is 376 g/mol. The molecule has 0 saturated heterocycles. The number of fused-ring (bicyclic) bond motifs is 1. The fourth-order valence-electron chi connectivity index (χ4n) is 2.80. The fourth-order valence-corrected chi connectivity index (χ4v) is 4.12.